The maximum atomic E-state index is 12.6. The lowest BCUT2D eigenvalue weighted by Crippen LogP contribution is -2.08. The van der Waals surface area contributed by atoms with Gasteiger partial charge >= 0.3 is 0 Å². The fourth-order valence-corrected chi connectivity index (χ4v) is 1.26. The number of halogens is 1. The van der Waals surface area contributed by atoms with Crippen LogP contribution in [0.1, 0.15) is 12.0 Å². The maximum Gasteiger partial charge on any atom is 0.130 e. The lowest BCUT2D eigenvalue weighted by atomic mass is 10.1. The Morgan fingerprint density at radius 1 is 1.55 bits per heavy atom. The van der Waals surface area contributed by atoms with Crippen LogP contribution in [-0.2, 0) is 6.42 Å². The molecular weight excluding hydrogens is 143 g/mol. The zero-order valence-corrected chi connectivity index (χ0v) is 6.06. The largest absolute Gasteiger partial charge is 0.493 e. The highest BCUT2D eigenvalue weighted by molar-refractivity contribution is 5.34. The van der Waals surface area contributed by atoms with E-state index in [1.54, 1.807) is 0 Å². The van der Waals surface area contributed by atoms with Crippen LogP contribution in [0.5, 0.6) is 5.75 Å². The van der Waals surface area contributed by atoms with E-state index in [0.717, 1.165) is 30.8 Å². The van der Waals surface area contributed by atoms with Crippen molar-refractivity contribution in [2.24, 2.45) is 0 Å². The molecule has 0 amide bonds. The third-order valence-corrected chi connectivity index (χ3v) is 1.78. The minimum atomic E-state index is -0.228. The highest BCUT2D eigenvalue weighted by Crippen LogP contribution is 2.24. The maximum absolute atomic E-state index is 12.6. The summed E-state index contributed by atoms with van der Waals surface area (Å²) in [7, 11) is 0. The van der Waals surface area contributed by atoms with Gasteiger partial charge < -0.3 is 4.74 Å². The fraction of sp³-hybridized carbons (Fsp3) is 0.333. The van der Waals surface area contributed by atoms with Crippen molar-refractivity contribution in [3.8, 4) is 5.75 Å². The Bertz CT molecular complexity index is 270. The molecule has 0 aromatic heterocycles. The van der Waals surface area contributed by atoms with Crippen LogP contribution in [0.3, 0.4) is 0 Å². The minimum absolute atomic E-state index is 0.228. The number of hydrogen-bond donors (Lipinski definition) is 0. The molecule has 0 saturated carbocycles. The lowest BCUT2D eigenvalue weighted by Gasteiger charge is -2.15. The third-order valence-electron chi connectivity index (χ3n) is 1.78. The molecule has 1 heterocycles. The van der Waals surface area contributed by atoms with Crippen molar-refractivity contribution in [3.63, 3.8) is 0 Å². The second-order valence-corrected chi connectivity index (χ2v) is 2.62. The second kappa shape index (κ2) is 2.53. The van der Waals surface area contributed by atoms with Gasteiger partial charge in [-0.25, -0.2) is 4.39 Å². The van der Waals surface area contributed by atoms with Crippen LogP contribution in [0, 0.1) is 11.9 Å². The molecular formula is C9H8FO. The van der Waals surface area contributed by atoms with Gasteiger partial charge in [0.05, 0.1) is 6.61 Å². The molecule has 0 unspecified atom stereocenters. The average Bonchev–Trinajstić information content (AvgIpc) is 2.04. The molecule has 1 nitrogen and oxygen atoms in total. The van der Waals surface area contributed by atoms with Crippen LogP contribution in [0.4, 0.5) is 4.39 Å². The Morgan fingerprint density at radius 2 is 2.45 bits per heavy atom. The Balaban J connectivity index is 2.43. The molecule has 0 saturated heterocycles. The van der Waals surface area contributed by atoms with Gasteiger partial charge in [0, 0.05) is 6.07 Å². The summed E-state index contributed by atoms with van der Waals surface area (Å²) in [6.45, 7) is 0.731. The summed E-state index contributed by atoms with van der Waals surface area (Å²) in [4.78, 5) is 0. The first kappa shape index (κ1) is 6.65. The smallest absolute Gasteiger partial charge is 0.130 e. The Labute approximate surface area is 64.8 Å². The van der Waals surface area contributed by atoms with Crippen LogP contribution in [-0.4, -0.2) is 6.61 Å². The monoisotopic (exact) mass is 151 g/mol. The van der Waals surface area contributed by atoms with Crippen LogP contribution in [0.2, 0.25) is 0 Å². The van der Waals surface area contributed by atoms with E-state index in [0.29, 0.717) is 0 Å². The number of benzene rings is 1. The minimum Gasteiger partial charge on any atom is -0.493 e. The van der Waals surface area contributed by atoms with Gasteiger partial charge in [0.2, 0.25) is 0 Å². The zero-order valence-electron chi connectivity index (χ0n) is 6.06. The first-order chi connectivity index (χ1) is 5.36. The molecule has 2 heteroatoms. The molecule has 0 aliphatic carbocycles. The normalized spacial score (nSPS) is 15.4. The fourth-order valence-electron chi connectivity index (χ4n) is 1.26. The molecule has 1 aliphatic rings. The van der Waals surface area contributed by atoms with E-state index in [2.05, 4.69) is 6.07 Å². The topological polar surface area (TPSA) is 9.23 Å². The number of rotatable bonds is 0. The van der Waals surface area contributed by atoms with Crippen molar-refractivity contribution in [1.29, 1.82) is 0 Å². The van der Waals surface area contributed by atoms with Crippen molar-refractivity contribution in [2.45, 2.75) is 12.8 Å². The van der Waals surface area contributed by atoms with E-state index < -0.39 is 0 Å². The van der Waals surface area contributed by atoms with E-state index in [1.807, 2.05) is 0 Å². The van der Waals surface area contributed by atoms with E-state index in [1.165, 1.54) is 12.1 Å². The number of hydrogen-bond acceptors (Lipinski definition) is 1. The SMILES string of the molecule is Fc1c[c]c2c(c1)CCCO2. The first-order valence-corrected chi connectivity index (χ1v) is 3.69. The van der Waals surface area contributed by atoms with Crippen molar-refractivity contribution in [3.05, 3.63) is 29.6 Å². The molecule has 2 rings (SSSR count). The highest BCUT2D eigenvalue weighted by Gasteiger charge is 2.10. The molecule has 0 atom stereocenters. The third kappa shape index (κ3) is 1.20. The van der Waals surface area contributed by atoms with Gasteiger partial charge in [-0.3, -0.25) is 0 Å². The molecule has 0 N–H and O–H groups in total. The van der Waals surface area contributed by atoms with Gasteiger partial charge in [-0.2, -0.15) is 0 Å². The molecule has 11 heavy (non-hydrogen) atoms. The summed E-state index contributed by atoms with van der Waals surface area (Å²) in [5.41, 5.74) is 0.941. The molecule has 1 aromatic rings. The Hall–Kier alpha value is -1.05. The number of ether oxygens (including phenoxy) is 1. The second-order valence-electron chi connectivity index (χ2n) is 2.62. The van der Waals surface area contributed by atoms with Gasteiger partial charge in [0.25, 0.3) is 0 Å². The molecule has 1 aliphatic heterocycles. The molecule has 0 fully saturated rings. The first-order valence-electron chi connectivity index (χ1n) is 3.69. The Kier molecular flexibility index (Phi) is 1.53. The molecule has 1 radical (unpaired) electrons. The van der Waals surface area contributed by atoms with Gasteiger partial charge in [0.1, 0.15) is 11.6 Å². The van der Waals surface area contributed by atoms with Crippen molar-refractivity contribution in [2.75, 3.05) is 6.61 Å². The number of aryl methyl sites for hydroxylation is 1. The summed E-state index contributed by atoms with van der Waals surface area (Å²) in [5.74, 6) is 0.493. The standard InChI is InChI=1S/C9H8FO/c10-8-3-4-9-7(6-8)2-1-5-11-9/h3,6H,1-2,5H2. The van der Waals surface area contributed by atoms with Crippen LogP contribution in [0.15, 0.2) is 12.1 Å². The summed E-state index contributed by atoms with van der Waals surface area (Å²) in [5, 5.41) is 0. The summed E-state index contributed by atoms with van der Waals surface area (Å²) >= 11 is 0. The average molecular weight is 151 g/mol. The van der Waals surface area contributed by atoms with E-state index in [-0.39, 0.29) is 5.82 Å². The van der Waals surface area contributed by atoms with Gasteiger partial charge in [-0.15, -0.1) is 0 Å². The molecule has 1 aromatic carbocycles. The van der Waals surface area contributed by atoms with E-state index >= 15 is 0 Å². The van der Waals surface area contributed by atoms with E-state index in [4.69, 9.17) is 4.74 Å². The van der Waals surface area contributed by atoms with Gasteiger partial charge in [-0.05, 0) is 30.5 Å². The van der Waals surface area contributed by atoms with Crippen LogP contribution in [0.25, 0.3) is 0 Å². The van der Waals surface area contributed by atoms with Crippen molar-refractivity contribution < 1.29 is 9.13 Å². The predicted molar refractivity (Wildman–Crippen MR) is 39.1 cm³/mol. The lowest BCUT2D eigenvalue weighted by molar-refractivity contribution is 0.287. The quantitative estimate of drug-likeness (QED) is 0.550. The predicted octanol–water partition coefficient (Wildman–Crippen LogP) is 1.95. The van der Waals surface area contributed by atoms with Crippen LogP contribution < -0.4 is 4.74 Å². The van der Waals surface area contributed by atoms with E-state index in [9.17, 15) is 4.39 Å². The zero-order chi connectivity index (χ0) is 7.68. The number of fused-ring (bicyclic) bond motifs is 1. The Morgan fingerprint density at radius 3 is 3.36 bits per heavy atom. The molecule has 0 spiro atoms. The van der Waals surface area contributed by atoms with Crippen LogP contribution >= 0.6 is 0 Å². The van der Waals surface area contributed by atoms with Gasteiger partial charge in [0.15, 0.2) is 0 Å². The summed E-state index contributed by atoms with van der Waals surface area (Å²) < 4.78 is 17.9. The van der Waals surface area contributed by atoms with Crippen molar-refractivity contribution >= 4 is 0 Å². The summed E-state index contributed by atoms with van der Waals surface area (Å²) in [6, 6.07) is 5.59. The van der Waals surface area contributed by atoms with Gasteiger partial charge in [-0.1, -0.05) is 0 Å². The van der Waals surface area contributed by atoms with Crippen molar-refractivity contribution in [1.82, 2.24) is 0 Å². The molecule has 57 valence electrons. The highest BCUT2D eigenvalue weighted by atomic mass is 19.1. The summed E-state index contributed by atoms with van der Waals surface area (Å²) in [6.07, 6.45) is 1.88. The molecule has 0 bridgehead atoms.